The van der Waals surface area contributed by atoms with E-state index in [1.165, 1.54) is 4.90 Å². The summed E-state index contributed by atoms with van der Waals surface area (Å²) in [5.41, 5.74) is 1.18. The molecule has 1 atom stereocenters. The Morgan fingerprint density at radius 2 is 1.72 bits per heavy atom. The summed E-state index contributed by atoms with van der Waals surface area (Å²) < 4.78 is 17.0. The molecule has 3 amide bonds. The van der Waals surface area contributed by atoms with Crippen molar-refractivity contribution in [1.82, 2.24) is 4.90 Å². The first-order valence-corrected chi connectivity index (χ1v) is 11.9. The lowest BCUT2D eigenvalue weighted by Gasteiger charge is -2.17. The number of rotatable bonds is 8. The predicted molar refractivity (Wildman–Crippen MR) is 133 cm³/mol. The zero-order chi connectivity index (χ0) is 25.1. The minimum absolute atomic E-state index is 0.113. The molecule has 0 bridgehead atoms. The predicted octanol–water partition coefficient (Wildman–Crippen LogP) is 4.92. The van der Waals surface area contributed by atoms with Crippen LogP contribution in [-0.2, 0) is 9.53 Å². The molecule has 1 fully saturated rings. The van der Waals surface area contributed by atoms with Crippen molar-refractivity contribution in [3.63, 3.8) is 0 Å². The molecule has 184 valence electrons. The number of imide groups is 1. The van der Waals surface area contributed by atoms with Crippen molar-refractivity contribution >= 4 is 35.0 Å². The van der Waals surface area contributed by atoms with E-state index in [4.69, 9.17) is 25.8 Å². The van der Waals surface area contributed by atoms with Crippen molar-refractivity contribution < 1.29 is 28.6 Å². The lowest BCUT2D eigenvalue weighted by Crippen LogP contribution is -2.36. The number of benzene rings is 3. The van der Waals surface area contributed by atoms with Crippen LogP contribution in [0.15, 0.2) is 66.7 Å². The van der Waals surface area contributed by atoms with Gasteiger partial charge in [0.25, 0.3) is 17.7 Å². The van der Waals surface area contributed by atoms with Crippen LogP contribution in [0.1, 0.15) is 33.6 Å². The third kappa shape index (κ3) is 5.35. The van der Waals surface area contributed by atoms with Crippen LogP contribution in [0.3, 0.4) is 0 Å². The van der Waals surface area contributed by atoms with Crippen molar-refractivity contribution in [3.8, 4) is 17.2 Å². The van der Waals surface area contributed by atoms with Crippen LogP contribution < -0.4 is 14.8 Å². The fraction of sp³-hybridized carbons (Fsp3) is 0.222. The monoisotopic (exact) mass is 506 g/mol. The average Bonchev–Trinajstić information content (AvgIpc) is 3.47. The minimum Gasteiger partial charge on any atom is -0.484 e. The standard InChI is InChI=1S/C27H23ClN2O6/c28-17-6-8-19(9-7-17)35-16-25(31)29-18-3-1-4-20(13-18)36-21-10-11-23-24(14-21)27(33)30(26(23)32)15-22-5-2-12-34-22/h1,3-4,6-11,13-14,22H,2,5,12,15-16H2,(H,29,31). The molecule has 0 aromatic heterocycles. The number of amides is 3. The molecule has 0 spiro atoms. The SMILES string of the molecule is O=C(COc1ccc(Cl)cc1)Nc1cccc(Oc2ccc3c(c2)C(=O)N(CC2CCCO2)C3=O)c1. The van der Waals surface area contributed by atoms with Crippen molar-refractivity contribution in [2.45, 2.75) is 18.9 Å². The van der Waals surface area contributed by atoms with E-state index in [-0.39, 0.29) is 37.0 Å². The number of nitrogens with one attached hydrogen (secondary N) is 1. The van der Waals surface area contributed by atoms with E-state index in [2.05, 4.69) is 5.32 Å². The van der Waals surface area contributed by atoms with E-state index >= 15 is 0 Å². The summed E-state index contributed by atoms with van der Waals surface area (Å²) in [6.45, 7) is 0.739. The van der Waals surface area contributed by atoms with Gasteiger partial charge in [-0.25, -0.2) is 0 Å². The number of carbonyl (C=O) groups is 3. The highest BCUT2D eigenvalue weighted by atomic mass is 35.5. The van der Waals surface area contributed by atoms with E-state index in [1.54, 1.807) is 66.7 Å². The number of ether oxygens (including phenoxy) is 3. The quantitative estimate of drug-likeness (QED) is 0.436. The van der Waals surface area contributed by atoms with E-state index < -0.39 is 0 Å². The largest absolute Gasteiger partial charge is 0.484 e. The van der Waals surface area contributed by atoms with Gasteiger partial charge < -0.3 is 19.5 Å². The molecule has 1 saturated heterocycles. The second-order valence-electron chi connectivity index (χ2n) is 8.48. The van der Waals surface area contributed by atoms with Crippen LogP contribution in [0.2, 0.25) is 5.02 Å². The van der Waals surface area contributed by atoms with Gasteiger partial charge in [0.05, 0.1) is 23.8 Å². The van der Waals surface area contributed by atoms with Gasteiger partial charge in [-0.1, -0.05) is 17.7 Å². The van der Waals surface area contributed by atoms with Crippen molar-refractivity contribution in [3.05, 3.63) is 82.9 Å². The Balaban J connectivity index is 1.21. The number of hydrogen-bond donors (Lipinski definition) is 1. The summed E-state index contributed by atoms with van der Waals surface area (Å²) in [4.78, 5) is 39.1. The molecule has 0 aliphatic carbocycles. The zero-order valence-electron chi connectivity index (χ0n) is 19.2. The molecule has 2 aliphatic rings. The highest BCUT2D eigenvalue weighted by Crippen LogP contribution is 2.31. The van der Waals surface area contributed by atoms with E-state index in [0.29, 0.717) is 45.7 Å². The summed E-state index contributed by atoms with van der Waals surface area (Å²) in [7, 11) is 0. The second kappa shape index (κ2) is 10.4. The van der Waals surface area contributed by atoms with Gasteiger partial charge in [-0.05, 0) is 67.4 Å². The molecule has 5 rings (SSSR count). The minimum atomic E-state index is -0.349. The molecule has 0 saturated carbocycles. The van der Waals surface area contributed by atoms with Gasteiger partial charge in [0.15, 0.2) is 6.61 Å². The molecular weight excluding hydrogens is 484 g/mol. The van der Waals surface area contributed by atoms with Gasteiger partial charge >= 0.3 is 0 Å². The van der Waals surface area contributed by atoms with Crippen LogP contribution in [-0.4, -0.2) is 48.5 Å². The molecule has 1 unspecified atom stereocenters. The third-order valence-corrected chi connectivity index (χ3v) is 6.14. The molecule has 0 radical (unpaired) electrons. The molecule has 1 N–H and O–H groups in total. The van der Waals surface area contributed by atoms with Crippen molar-refractivity contribution in [2.75, 3.05) is 25.1 Å². The topological polar surface area (TPSA) is 94.2 Å². The van der Waals surface area contributed by atoms with Crippen LogP contribution in [0.25, 0.3) is 0 Å². The van der Waals surface area contributed by atoms with Gasteiger partial charge in [0, 0.05) is 23.4 Å². The first-order chi connectivity index (χ1) is 17.5. The Bertz CT molecular complexity index is 1300. The van der Waals surface area contributed by atoms with Crippen LogP contribution in [0, 0.1) is 0 Å². The number of nitrogens with zero attached hydrogens (tertiary/aromatic N) is 1. The normalized spacial score (nSPS) is 16.7. The Hall–Kier alpha value is -3.88. The van der Waals surface area contributed by atoms with Crippen LogP contribution in [0.4, 0.5) is 5.69 Å². The van der Waals surface area contributed by atoms with Crippen molar-refractivity contribution in [2.24, 2.45) is 0 Å². The number of anilines is 1. The summed E-state index contributed by atoms with van der Waals surface area (Å²) in [5, 5.41) is 3.34. The summed E-state index contributed by atoms with van der Waals surface area (Å²) in [5.74, 6) is 0.392. The average molecular weight is 507 g/mol. The smallest absolute Gasteiger partial charge is 0.262 e. The molecule has 8 nitrogen and oxygen atoms in total. The first-order valence-electron chi connectivity index (χ1n) is 11.5. The molecule has 9 heteroatoms. The Labute approximate surface area is 212 Å². The van der Waals surface area contributed by atoms with E-state index in [9.17, 15) is 14.4 Å². The fourth-order valence-corrected chi connectivity index (χ4v) is 4.27. The van der Waals surface area contributed by atoms with Gasteiger partial charge in [-0.3, -0.25) is 19.3 Å². The van der Waals surface area contributed by atoms with E-state index in [0.717, 1.165) is 12.8 Å². The number of hydrogen-bond acceptors (Lipinski definition) is 6. The highest BCUT2D eigenvalue weighted by Gasteiger charge is 2.37. The molecule has 2 heterocycles. The van der Waals surface area contributed by atoms with Crippen LogP contribution >= 0.6 is 11.6 Å². The summed E-state index contributed by atoms with van der Waals surface area (Å²) in [6, 6.07) is 18.4. The first kappa shape index (κ1) is 23.8. The fourth-order valence-electron chi connectivity index (χ4n) is 4.14. The van der Waals surface area contributed by atoms with Gasteiger partial charge in [0.2, 0.25) is 0 Å². The lowest BCUT2D eigenvalue weighted by atomic mass is 10.1. The van der Waals surface area contributed by atoms with Crippen LogP contribution in [0.5, 0.6) is 17.2 Å². The lowest BCUT2D eigenvalue weighted by molar-refractivity contribution is -0.118. The Morgan fingerprint density at radius 3 is 2.50 bits per heavy atom. The summed E-state index contributed by atoms with van der Waals surface area (Å²) >= 11 is 5.85. The van der Waals surface area contributed by atoms with Gasteiger partial charge in [0.1, 0.15) is 17.2 Å². The highest BCUT2D eigenvalue weighted by molar-refractivity contribution is 6.30. The van der Waals surface area contributed by atoms with Gasteiger partial charge in [-0.2, -0.15) is 0 Å². The molecule has 3 aromatic rings. The number of fused-ring (bicyclic) bond motifs is 1. The molecule has 2 aliphatic heterocycles. The molecule has 36 heavy (non-hydrogen) atoms. The maximum Gasteiger partial charge on any atom is 0.262 e. The third-order valence-electron chi connectivity index (χ3n) is 5.89. The van der Waals surface area contributed by atoms with E-state index in [1.807, 2.05) is 0 Å². The molecular formula is C27H23ClN2O6. The molecule has 3 aromatic carbocycles. The number of halogens is 1. The Kier molecular flexibility index (Phi) is 6.88. The number of carbonyl (C=O) groups excluding carboxylic acids is 3. The Morgan fingerprint density at radius 1 is 0.972 bits per heavy atom. The van der Waals surface area contributed by atoms with Crippen molar-refractivity contribution in [1.29, 1.82) is 0 Å². The maximum atomic E-state index is 12.9. The maximum absolute atomic E-state index is 12.9. The second-order valence-corrected chi connectivity index (χ2v) is 8.92. The zero-order valence-corrected chi connectivity index (χ0v) is 20.0. The summed E-state index contributed by atoms with van der Waals surface area (Å²) in [6.07, 6.45) is 1.65. The van der Waals surface area contributed by atoms with Gasteiger partial charge in [-0.15, -0.1) is 0 Å².